The van der Waals surface area contributed by atoms with Crippen LogP contribution in [0.5, 0.6) is 5.75 Å². The fourth-order valence-corrected chi connectivity index (χ4v) is 3.34. The van der Waals surface area contributed by atoms with E-state index >= 15 is 0 Å². The van der Waals surface area contributed by atoms with E-state index in [0.717, 1.165) is 0 Å². The van der Waals surface area contributed by atoms with Gasteiger partial charge in [-0.1, -0.05) is 12.1 Å². The number of aliphatic hydroxyl groups is 1. The largest absolute Gasteiger partial charge is 0.495 e. The highest BCUT2D eigenvalue weighted by atomic mass is 16.6. The molecule has 0 fully saturated rings. The van der Waals surface area contributed by atoms with Crippen molar-refractivity contribution in [3.63, 3.8) is 0 Å². The molecule has 9 nitrogen and oxygen atoms in total. The first kappa shape index (κ1) is 22.6. The van der Waals surface area contributed by atoms with Crippen LogP contribution in [0.25, 0.3) is 28.7 Å². The number of nitrogens with zero attached hydrogens (tertiary/aromatic N) is 1. The number of hydrogen-bond donors (Lipinski definition) is 2. The Morgan fingerprint density at radius 2 is 1.88 bits per heavy atom. The van der Waals surface area contributed by atoms with Gasteiger partial charge in [-0.05, 0) is 54.6 Å². The monoisotopic (exact) mass is 460 g/mol. The van der Waals surface area contributed by atoms with Crippen molar-refractivity contribution in [2.45, 2.75) is 6.61 Å². The zero-order valence-corrected chi connectivity index (χ0v) is 18.1. The third-order valence-corrected chi connectivity index (χ3v) is 4.95. The molecule has 0 spiro atoms. The lowest BCUT2D eigenvalue weighted by molar-refractivity contribution is -0.384. The van der Waals surface area contributed by atoms with Crippen molar-refractivity contribution >= 4 is 23.4 Å². The van der Waals surface area contributed by atoms with E-state index in [0.29, 0.717) is 45.6 Å². The molecule has 34 heavy (non-hydrogen) atoms. The van der Waals surface area contributed by atoms with Gasteiger partial charge in [0.2, 0.25) is 5.91 Å². The molecule has 4 aromatic rings. The molecular weight excluding hydrogens is 440 g/mol. The van der Waals surface area contributed by atoms with Crippen LogP contribution in [0.1, 0.15) is 11.5 Å². The van der Waals surface area contributed by atoms with Crippen LogP contribution in [0.15, 0.2) is 81.6 Å². The Balaban J connectivity index is 1.51. The van der Waals surface area contributed by atoms with Crippen LogP contribution in [0.3, 0.4) is 0 Å². The molecule has 0 aliphatic carbocycles. The van der Waals surface area contributed by atoms with E-state index < -0.39 is 10.8 Å². The van der Waals surface area contributed by atoms with Crippen molar-refractivity contribution in [3.05, 3.63) is 94.4 Å². The van der Waals surface area contributed by atoms with Gasteiger partial charge in [0.15, 0.2) is 0 Å². The second-order valence-electron chi connectivity index (χ2n) is 7.14. The third kappa shape index (κ3) is 4.89. The van der Waals surface area contributed by atoms with Gasteiger partial charge in [0.1, 0.15) is 35.4 Å². The number of nitro groups is 1. The van der Waals surface area contributed by atoms with Gasteiger partial charge in [-0.15, -0.1) is 0 Å². The Kier molecular flexibility index (Phi) is 6.56. The van der Waals surface area contributed by atoms with E-state index in [9.17, 15) is 20.0 Å². The molecule has 0 unspecified atom stereocenters. The van der Waals surface area contributed by atoms with Crippen LogP contribution in [0, 0.1) is 10.1 Å². The first-order chi connectivity index (χ1) is 16.5. The number of para-hydroxylation sites is 1. The normalized spacial score (nSPS) is 11.0. The van der Waals surface area contributed by atoms with Crippen molar-refractivity contribution in [1.82, 2.24) is 0 Å². The van der Waals surface area contributed by atoms with E-state index in [-0.39, 0.29) is 12.3 Å². The first-order valence-corrected chi connectivity index (χ1v) is 10.2. The summed E-state index contributed by atoms with van der Waals surface area (Å²) in [6, 6.07) is 18.0. The van der Waals surface area contributed by atoms with Gasteiger partial charge >= 0.3 is 0 Å². The highest BCUT2D eigenvalue weighted by Gasteiger charge is 2.17. The molecule has 172 valence electrons. The Morgan fingerprint density at radius 3 is 2.62 bits per heavy atom. The predicted octanol–water partition coefficient (Wildman–Crippen LogP) is 5.27. The van der Waals surface area contributed by atoms with Crippen molar-refractivity contribution in [3.8, 4) is 28.4 Å². The summed E-state index contributed by atoms with van der Waals surface area (Å²) in [6.07, 6.45) is 2.74. The van der Waals surface area contributed by atoms with Crippen molar-refractivity contribution in [1.29, 1.82) is 0 Å². The number of nitrogens with one attached hydrogen (secondary N) is 1. The smallest absolute Gasteiger partial charge is 0.280 e. The highest BCUT2D eigenvalue weighted by molar-refractivity contribution is 6.03. The Labute approximate surface area is 194 Å². The quantitative estimate of drug-likeness (QED) is 0.208. The lowest BCUT2D eigenvalue weighted by Gasteiger charge is -2.10. The summed E-state index contributed by atoms with van der Waals surface area (Å²) >= 11 is 0. The zero-order chi connectivity index (χ0) is 24.1. The van der Waals surface area contributed by atoms with E-state index in [2.05, 4.69) is 5.32 Å². The fourth-order valence-electron chi connectivity index (χ4n) is 3.34. The molecule has 0 aliphatic heterocycles. The van der Waals surface area contributed by atoms with E-state index in [4.69, 9.17) is 13.6 Å². The van der Waals surface area contributed by atoms with Crippen molar-refractivity contribution in [2.75, 3.05) is 12.4 Å². The summed E-state index contributed by atoms with van der Waals surface area (Å²) in [5.41, 5.74) is 1.40. The Hall–Kier alpha value is -4.63. The minimum atomic E-state index is -0.477. The minimum Gasteiger partial charge on any atom is -0.495 e. The molecule has 0 saturated heterocycles. The van der Waals surface area contributed by atoms with Crippen LogP contribution in [0.2, 0.25) is 0 Å². The van der Waals surface area contributed by atoms with Gasteiger partial charge in [0.05, 0.1) is 23.3 Å². The summed E-state index contributed by atoms with van der Waals surface area (Å²) in [5, 5.41) is 23.2. The van der Waals surface area contributed by atoms with Gasteiger partial charge in [-0.3, -0.25) is 14.9 Å². The van der Waals surface area contributed by atoms with Gasteiger partial charge in [-0.25, -0.2) is 0 Å². The fraction of sp³-hybridized carbons (Fsp3) is 0.0800. The number of methoxy groups -OCH3 is 1. The first-order valence-electron chi connectivity index (χ1n) is 10.2. The number of nitro benzene ring substituents is 1. The topological polar surface area (TPSA) is 128 Å². The number of rotatable bonds is 8. The predicted molar refractivity (Wildman–Crippen MR) is 125 cm³/mol. The molecule has 0 saturated carbocycles. The molecule has 2 aromatic carbocycles. The average Bonchev–Trinajstić information content (AvgIpc) is 3.52. The van der Waals surface area contributed by atoms with Gasteiger partial charge in [-0.2, -0.15) is 0 Å². The number of hydrogen-bond acceptors (Lipinski definition) is 7. The van der Waals surface area contributed by atoms with Gasteiger partial charge in [0, 0.05) is 17.7 Å². The van der Waals surface area contributed by atoms with E-state index in [1.807, 2.05) is 0 Å². The second-order valence-corrected chi connectivity index (χ2v) is 7.14. The molecule has 0 bridgehead atoms. The molecule has 2 aromatic heterocycles. The number of carbonyl (C=O) groups excluding carboxylic acids is 1. The van der Waals surface area contributed by atoms with E-state index in [1.165, 1.54) is 25.3 Å². The summed E-state index contributed by atoms with van der Waals surface area (Å²) in [7, 11) is 1.49. The van der Waals surface area contributed by atoms with Crippen LogP contribution in [0.4, 0.5) is 11.4 Å². The number of benzene rings is 2. The van der Waals surface area contributed by atoms with Crippen LogP contribution >= 0.6 is 0 Å². The average molecular weight is 460 g/mol. The molecule has 0 radical (unpaired) electrons. The lowest BCUT2D eigenvalue weighted by atomic mass is 10.1. The molecule has 0 aliphatic rings. The highest BCUT2D eigenvalue weighted by Crippen LogP contribution is 2.33. The summed E-state index contributed by atoms with van der Waals surface area (Å²) in [5.74, 6) is 1.66. The standard InChI is InChI=1S/C25H20N2O7/c1-32-24-10-6-16(22-11-8-18(15-28)34-22)14-20(24)26-25(29)13-9-17-7-12-23(33-17)19-4-2-3-5-21(19)27(30)31/h2-14,28H,15H2,1H3,(H,26,29)/b13-9+. The van der Waals surface area contributed by atoms with Crippen LogP contribution < -0.4 is 10.1 Å². The summed E-state index contributed by atoms with van der Waals surface area (Å²) in [4.78, 5) is 23.3. The van der Waals surface area contributed by atoms with Gasteiger partial charge < -0.3 is 24.0 Å². The number of amides is 1. The zero-order valence-electron chi connectivity index (χ0n) is 18.1. The number of anilines is 1. The summed E-state index contributed by atoms with van der Waals surface area (Å²) in [6.45, 7) is -0.212. The number of aliphatic hydroxyl groups excluding tert-OH is 1. The van der Waals surface area contributed by atoms with Crippen molar-refractivity contribution in [2.24, 2.45) is 0 Å². The molecule has 2 N–H and O–H groups in total. The lowest BCUT2D eigenvalue weighted by Crippen LogP contribution is -2.09. The molecule has 4 rings (SSSR count). The van der Waals surface area contributed by atoms with Gasteiger partial charge in [0.25, 0.3) is 5.69 Å². The number of ether oxygens (including phenoxy) is 1. The maximum atomic E-state index is 12.5. The Bertz CT molecular complexity index is 1370. The Morgan fingerprint density at radius 1 is 1.09 bits per heavy atom. The third-order valence-electron chi connectivity index (χ3n) is 4.95. The second kappa shape index (κ2) is 9.88. The maximum absolute atomic E-state index is 12.5. The molecule has 9 heteroatoms. The minimum absolute atomic E-state index is 0.0697. The number of carbonyl (C=O) groups is 1. The maximum Gasteiger partial charge on any atom is 0.280 e. The summed E-state index contributed by atoms with van der Waals surface area (Å²) < 4.78 is 16.5. The molecule has 2 heterocycles. The number of furan rings is 2. The molecular formula is C25H20N2O7. The van der Waals surface area contributed by atoms with Crippen LogP contribution in [-0.4, -0.2) is 23.0 Å². The molecule has 0 atom stereocenters. The van der Waals surface area contributed by atoms with Crippen molar-refractivity contribution < 1.29 is 28.4 Å². The SMILES string of the molecule is COc1ccc(-c2ccc(CO)o2)cc1NC(=O)/C=C/c1ccc(-c2ccccc2[N+](=O)[O-])o1. The van der Waals surface area contributed by atoms with Crippen LogP contribution in [-0.2, 0) is 11.4 Å². The molecule has 1 amide bonds. The van der Waals surface area contributed by atoms with E-state index in [1.54, 1.807) is 60.7 Å².